The number of aromatic nitrogens is 4. The van der Waals surface area contributed by atoms with Crippen LogP contribution in [0.25, 0.3) is 0 Å². The van der Waals surface area contributed by atoms with Crippen LogP contribution in [0.2, 0.25) is 0 Å². The molecule has 0 saturated heterocycles. The molecule has 2 rings (SSSR count). The van der Waals surface area contributed by atoms with Crippen molar-refractivity contribution in [1.82, 2.24) is 19.6 Å². The maximum Gasteiger partial charge on any atom is 0.216 e. The summed E-state index contributed by atoms with van der Waals surface area (Å²) in [6, 6.07) is 0. The van der Waals surface area contributed by atoms with Crippen molar-refractivity contribution in [3.63, 3.8) is 0 Å². The molecule has 2 heterocycles. The zero-order valence-corrected chi connectivity index (χ0v) is 12.3. The quantitative estimate of drug-likeness (QED) is 0.892. The molecule has 1 N–H and O–H groups in total. The van der Waals surface area contributed by atoms with E-state index in [9.17, 15) is 8.78 Å². The monoisotopic (exact) mass is 305 g/mol. The Kier molecular flexibility index (Phi) is 5.94. The third-order valence-corrected chi connectivity index (χ3v) is 3.01. The van der Waals surface area contributed by atoms with Crippen LogP contribution in [0, 0.1) is 12.9 Å². The first kappa shape index (κ1) is 16.4. The molecule has 0 aliphatic heterocycles. The molecule has 2 aromatic heterocycles. The first-order chi connectivity index (χ1) is 9.17. The van der Waals surface area contributed by atoms with Crippen LogP contribution in [0.1, 0.15) is 18.2 Å². The molecule has 0 bridgehead atoms. The molecule has 0 aliphatic carbocycles. The number of nitrogens with one attached hydrogen (secondary N) is 1. The largest absolute Gasteiger partial charge is 0.378 e. The Hall–Kier alpha value is -1.63. The van der Waals surface area contributed by atoms with Gasteiger partial charge in [-0.3, -0.25) is 4.68 Å². The van der Waals surface area contributed by atoms with Crippen LogP contribution >= 0.6 is 12.4 Å². The summed E-state index contributed by atoms with van der Waals surface area (Å²) < 4.78 is 28.9. The highest BCUT2D eigenvalue weighted by molar-refractivity contribution is 5.85. The van der Waals surface area contributed by atoms with Crippen molar-refractivity contribution in [2.24, 2.45) is 0 Å². The fourth-order valence-electron chi connectivity index (χ4n) is 1.86. The Balaban J connectivity index is 0.00000200. The fourth-order valence-corrected chi connectivity index (χ4v) is 1.86. The van der Waals surface area contributed by atoms with E-state index in [4.69, 9.17) is 0 Å². The van der Waals surface area contributed by atoms with Gasteiger partial charge in [-0.25, -0.2) is 9.07 Å². The average Bonchev–Trinajstić information content (AvgIpc) is 2.93. The van der Waals surface area contributed by atoms with Crippen LogP contribution in [0.15, 0.2) is 12.4 Å². The summed E-state index contributed by atoms with van der Waals surface area (Å²) in [5.41, 5.74) is 2.11. The second-order valence-corrected chi connectivity index (χ2v) is 4.19. The lowest BCUT2D eigenvalue weighted by atomic mass is 10.3. The first-order valence-corrected chi connectivity index (χ1v) is 6.19. The highest BCUT2D eigenvalue weighted by Gasteiger charge is 2.10. The maximum atomic E-state index is 13.8. The van der Waals surface area contributed by atoms with Crippen molar-refractivity contribution in [1.29, 1.82) is 0 Å². The van der Waals surface area contributed by atoms with E-state index < -0.39 is 6.67 Å². The topological polar surface area (TPSA) is 47.7 Å². The Morgan fingerprint density at radius 1 is 1.25 bits per heavy atom. The van der Waals surface area contributed by atoms with E-state index in [0.717, 1.165) is 11.4 Å². The van der Waals surface area contributed by atoms with Gasteiger partial charge in [-0.1, -0.05) is 0 Å². The number of nitrogens with zero attached hydrogens (tertiary/aromatic N) is 4. The van der Waals surface area contributed by atoms with Gasteiger partial charge in [0.1, 0.15) is 6.67 Å². The standard InChI is InChI=1S/C12H17F2N5.ClH/c1-3-18-12(14)10(7-16-18)6-15-11-8-17-19(5-4-13)9(11)2;/h7-8,15H,3-6H2,1-2H3;1H. The van der Waals surface area contributed by atoms with Crippen LogP contribution < -0.4 is 5.32 Å². The summed E-state index contributed by atoms with van der Waals surface area (Å²) in [6.07, 6.45) is 3.13. The van der Waals surface area contributed by atoms with Gasteiger partial charge in [-0.2, -0.15) is 14.6 Å². The third-order valence-electron chi connectivity index (χ3n) is 3.01. The number of rotatable bonds is 6. The molecule has 0 atom stereocenters. The van der Waals surface area contributed by atoms with Crippen LogP contribution in [0.4, 0.5) is 14.5 Å². The molecular weight excluding hydrogens is 288 g/mol. The molecule has 0 amide bonds. The minimum atomic E-state index is -0.458. The van der Waals surface area contributed by atoms with E-state index in [1.54, 1.807) is 10.9 Å². The Bertz CT molecular complexity index is 552. The summed E-state index contributed by atoms with van der Waals surface area (Å²) in [5, 5.41) is 11.1. The summed E-state index contributed by atoms with van der Waals surface area (Å²) in [5.74, 6) is -0.330. The van der Waals surface area contributed by atoms with E-state index in [1.165, 1.54) is 10.9 Å². The zero-order valence-electron chi connectivity index (χ0n) is 11.4. The van der Waals surface area contributed by atoms with Crippen molar-refractivity contribution in [2.75, 3.05) is 12.0 Å². The minimum Gasteiger partial charge on any atom is -0.378 e. The lowest BCUT2D eigenvalue weighted by molar-refractivity contribution is 0.423. The Morgan fingerprint density at radius 2 is 1.95 bits per heavy atom. The Labute approximate surface area is 122 Å². The van der Waals surface area contributed by atoms with E-state index in [1.807, 2.05) is 13.8 Å². The lowest BCUT2D eigenvalue weighted by Crippen LogP contribution is -2.06. The highest BCUT2D eigenvalue weighted by atomic mass is 35.5. The van der Waals surface area contributed by atoms with Crippen molar-refractivity contribution >= 4 is 18.1 Å². The SMILES string of the molecule is CCn1ncc(CNc2cnn(CCF)c2C)c1F.Cl. The smallest absolute Gasteiger partial charge is 0.216 e. The van der Waals surface area contributed by atoms with E-state index in [0.29, 0.717) is 18.7 Å². The van der Waals surface area contributed by atoms with Crippen molar-refractivity contribution in [3.05, 3.63) is 29.6 Å². The van der Waals surface area contributed by atoms with Gasteiger partial charge < -0.3 is 5.32 Å². The molecule has 112 valence electrons. The van der Waals surface area contributed by atoms with Crippen molar-refractivity contribution in [3.8, 4) is 0 Å². The number of hydrogen-bond acceptors (Lipinski definition) is 3. The minimum absolute atomic E-state index is 0. The number of halogens is 3. The molecule has 2 aromatic rings. The normalized spacial score (nSPS) is 10.4. The molecule has 8 heteroatoms. The van der Waals surface area contributed by atoms with Gasteiger partial charge in [0, 0.05) is 18.7 Å². The molecule has 0 spiro atoms. The molecule has 0 unspecified atom stereocenters. The summed E-state index contributed by atoms with van der Waals surface area (Å²) in [6.45, 7) is 4.28. The zero-order chi connectivity index (χ0) is 13.8. The van der Waals surface area contributed by atoms with Gasteiger partial charge in [0.25, 0.3) is 0 Å². The van der Waals surface area contributed by atoms with Gasteiger partial charge in [0.15, 0.2) is 0 Å². The van der Waals surface area contributed by atoms with Gasteiger partial charge in [-0.15, -0.1) is 12.4 Å². The second-order valence-electron chi connectivity index (χ2n) is 4.19. The lowest BCUT2D eigenvalue weighted by Gasteiger charge is -2.05. The van der Waals surface area contributed by atoms with Crippen LogP contribution in [0.5, 0.6) is 0 Å². The van der Waals surface area contributed by atoms with Crippen LogP contribution in [-0.4, -0.2) is 26.2 Å². The van der Waals surface area contributed by atoms with Crippen LogP contribution in [0.3, 0.4) is 0 Å². The predicted octanol–water partition coefficient (Wildman–Crippen LogP) is 2.55. The molecule has 5 nitrogen and oxygen atoms in total. The molecule has 0 aromatic carbocycles. The Morgan fingerprint density at radius 3 is 2.55 bits per heavy atom. The molecule has 20 heavy (non-hydrogen) atoms. The molecule has 0 aliphatic rings. The van der Waals surface area contributed by atoms with E-state index in [2.05, 4.69) is 15.5 Å². The number of hydrogen-bond donors (Lipinski definition) is 1. The fraction of sp³-hybridized carbons (Fsp3) is 0.500. The number of aryl methyl sites for hydroxylation is 2. The second kappa shape index (κ2) is 7.23. The van der Waals surface area contributed by atoms with E-state index >= 15 is 0 Å². The van der Waals surface area contributed by atoms with Gasteiger partial charge in [0.2, 0.25) is 5.95 Å². The van der Waals surface area contributed by atoms with E-state index in [-0.39, 0.29) is 24.9 Å². The summed E-state index contributed by atoms with van der Waals surface area (Å²) in [7, 11) is 0. The molecule has 0 fully saturated rings. The highest BCUT2D eigenvalue weighted by Crippen LogP contribution is 2.16. The average molecular weight is 306 g/mol. The maximum absolute atomic E-state index is 13.8. The van der Waals surface area contributed by atoms with Gasteiger partial charge in [-0.05, 0) is 13.8 Å². The summed E-state index contributed by atoms with van der Waals surface area (Å²) >= 11 is 0. The molecular formula is C12H18ClF2N5. The molecule has 0 radical (unpaired) electrons. The number of anilines is 1. The summed E-state index contributed by atoms with van der Waals surface area (Å²) in [4.78, 5) is 0. The first-order valence-electron chi connectivity index (χ1n) is 6.19. The third kappa shape index (κ3) is 3.27. The van der Waals surface area contributed by atoms with Gasteiger partial charge in [0.05, 0.1) is 30.3 Å². The van der Waals surface area contributed by atoms with Crippen molar-refractivity contribution in [2.45, 2.75) is 33.5 Å². The predicted molar refractivity (Wildman–Crippen MR) is 75.4 cm³/mol. The van der Waals surface area contributed by atoms with Gasteiger partial charge >= 0.3 is 0 Å². The molecule has 0 saturated carbocycles. The van der Waals surface area contributed by atoms with Crippen LogP contribution in [-0.2, 0) is 19.6 Å². The number of alkyl halides is 1. The van der Waals surface area contributed by atoms with Crippen molar-refractivity contribution < 1.29 is 8.78 Å².